The van der Waals surface area contributed by atoms with Crippen molar-refractivity contribution in [3.05, 3.63) is 63.7 Å². The lowest BCUT2D eigenvalue weighted by atomic mass is 9.90. The molecule has 0 bridgehead atoms. The SMILES string of the molecule is CCc1ccc(Cc2cc([C@@H]3O[C@H](CO)[C@@H](O)[C@H](O)[C@H]3O)cc(OC3CCOC3)c2Cl)cc1. The first-order chi connectivity index (χ1) is 15.9. The number of hydrogen-bond acceptors (Lipinski definition) is 7. The Morgan fingerprint density at radius 3 is 2.39 bits per heavy atom. The van der Waals surface area contributed by atoms with Gasteiger partial charge in [-0.1, -0.05) is 48.9 Å². The average Bonchev–Trinajstić information content (AvgIpc) is 3.34. The molecule has 2 aliphatic heterocycles. The minimum Gasteiger partial charge on any atom is -0.486 e. The van der Waals surface area contributed by atoms with Crippen molar-refractivity contribution in [1.82, 2.24) is 0 Å². The summed E-state index contributed by atoms with van der Waals surface area (Å²) in [5.41, 5.74) is 3.63. The van der Waals surface area contributed by atoms with Gasteiger partial charge in [-0.3, -0.25) is 0 Å². The van der Waals surface area contributed by atoms with Crippen molar-refractivity contribution >= 4 is 11.6 Å². The van der Waals surface area contributed by atoms with Gasteiger partial charge < -0.3 is 34.6 Å². The minimum absolute atomic E-state index is 0.135. The second-order valence-corrected chi connectivity index (χ2v) is 9.07. The van der Waals surface area contributed by atoms with E-state index in [1.807, 2.05) is 6.07 Å². The van der Waals surface area contributed by atoms with Crippen LogP contribution in [-0.4, -0.2) is 70.8 Å². The van der Waals surface area contributed by atoms with Gasteiger partial charge in [0.15, 0.2) is 0 Å². The molecule has 180 valence electrons. The Morgan fingerprint density at radius 1 is 1.03 bits per heavy atom. The predicted octanol–water partition coefficient (Wildman–Crippen LogP) is 2.18. The van der Waals surface area contributed by atoms with Gasteiger partial charge in [0.1, 0.15) is 42.4 Å². The number of benzene rings is 2. The third-order valence-electron chi connectivity index (χ3n) is 6.37. The van der Waals surface area contributed by atoms with Crippen LogP contribution in [-0.2, 0) is 22.3 Å². The van der Waals surface area contributed by atoms with Crippen LogP contribution in [0, 0.1) is 0 Å². The molecule has 2 aromatic rings. The molecule has 33 heavy (non-hydrogen) atoms. The maximum Gasteiger partial charge on any atom is 0.139 e. The normalized spacial score (nSPS) is 29.9. The van der Waals surface area contributed by atoms with Crippen LogP contribution in [0.5, 0.6) is 5.75 Å². The van der Waals surface area contributed by atoms with Gasteiger partial charge in [0.05, 0.1) is 24.8 Å². The van der Waals surface area contributed by atoms with Crippen molar-refractivity contribution in [2.24, 2.45) is 0 Å². The Kier molecular flexibility index (Phi) is 7.91. The molecule has 7 nitrogen and oxygen atoms in total. The molecular formula is C25H31ClO7. The molecule has 2 heterocycles. The summed E-state index contributed by atoms with van der Waals surface area (Å²) in [5.74, 6) is 0.446. The summed E-state index contributed by atoms with van der Waals surface area (Å²) in [6, 6.07) is 11.8. The van der Waals surface area contributed by atoms with E-state index in [1.54, 1.807) is 6.07 Å². The maximum absolute atomic E-state index is 10.6. The molecule has 0 radical (unpaired) electrons. The lowest BCUT2D eigenvalue weighted by Crippen LogP contribution is -2.55. The molecule has 0 spiro atoms. The first-order valence-corrected chi connectivity index (χ1v) is 11.7. The van der Waals surface area contributed by atoms with Crippen LogP contribution in [0.2, 0.25) is 5.02 Å². The Balaban J connectivity index is 1.69. The molecule has 4 rings (SSSR count). The molecular weight excluding hydrogens is 448 g/mol. The Morgan fingerprint density at radius 2 is 1.76 bits per heavy atom. The zero-order chi connectivity index (χ0) is 23.5. The topological polar surface area (TPSA) is 109 Å². The van der Waals surface area contributed by atoms with Crippen LogP contribution in [0.1, 0.15) is 41.7 Å². The second kappa shape index (κ2) is 10.7. The molecule has 0 amide bonds. The molecule has 2 saturated heterocycles. The van der Waals surface area contributed by atoms with Crippen LogP contribution in [0.3, 0.4) is 0 Å². The summed E-state index contributed by atoms with van der Waals surface area (Å²) < 4.78 is 17.3. The van der Waals surface area contributed by atoms with Crippen LogP contribution in [0.15, 0.2) is 36.4 Å². The van der Waals surface area contributed by atoms with E-state index in [-0.39, 0.29) is 6.10 Å². The third-order valence-corrected chi connectivity index (χ3v) is 6.79. The van der Waals surface area contributed by atoms with Gasteiger partial charge in [-0.2, -0.15) is 0 Å². The lowest BCUT2D eigenvalue weighted by Gasteiger charge is -2.40. The molecule has 2 fully saturated rings. The highest BCUT2D eigenvalue weighted by atomic mass is 35.5. The van der Waals surface area contributed by atoms with Crippen LogP contribution in [0.4, 0.5) is 0 Å². The lowest BCUT2D eigenvalue weighted by molar-refractivity contribution is -0.231. The first kappa shape index (κ1) is 24.4. The summed E-state index contributed by atoms with van der Waals surface area (Å²) in [6.07, 6.45) is -4.14. The summed E-state index contributed by atoms with van der Waals surface area (Å²) in [4.78, 5) is 0. The van der Waals surface area contributed by atoms with Crippen molar-refractivity contribution < 1.29 is 34.6 Å². The molecule has 6 atom stereocenters. The van der Waals surface area contributed by atoms with Gasteiger partial charge in [0, 0.05) is 6.42 Å². The largest absolute Gasteiger partial charge is 0.486 e. The van der Waals surface area contributed by atoms with E-state index in [9.17, 15) is 20.4 Å². The van der Waals surface area contributed by atoms with E-state index in [0.717, 1.165) is 24.0 Å². The number of hydrogen-bond donors (Lipinski definition) is 4. The fraction of sp³-hybridized carbons (Fsp3) is 0.520. The Labute approximate surface area is 198 Å². The smallest absolute Gasteiger partial charge is 0.139 e. The summed E-state index contributed by atoms with van der Waals surface area (Å²) >= 11 is 6.75. The average molecular weight is 479 g/mol. The quantitative estimate of drug-likeness (QED) is 0.483. The van der Waals surface area contributed by atoms with Crippen molar-refractivity contribution in [3.63, 3.8) is 0 Å². The number of aliphatic hydroxyl groups excluding tert-OH is 4. The van der Waals surface area contributed by atoms with Crippen molar-refractivity contribution in [1.29, 1.82) is 0 Å². The van der Waals surface area contributed by atoms with E-state index in [1.165, 1.54) is 5.56 Å². The van der Waals surface area contributed by atoms with Crippen LogP contribution >= 0.6 is 11.6 Å². The van der Waals surface area contributed by atoms with Gasteiger partial charge in [-0.15, -0.1) is 0 Å². The number of aliphatic hydroxyl groups is 4. The predicted molar refractivity (Wildman–Crippen MR) is 123 cm³/mol. The Bertz CT molecular complexity index is 927. The van der Waals surface area contributed by atoms with Gasteiger partial charge >= 0.3 is 0 Å². The summed E-state index contributed by atoms with van der Waals surface area (Å²) in [5, 5.41) is 41.1. The molecule has 2 aliphatic rings. The maximum atomic E-state index is 10.6. The van der Waals surface area contributed by atoms with E-state index in [0.29, 0.717) is 36.0 Å². The van der Waals surface area contributed by atoms with Crippen molar-refractivity contribution in [3.8, 4) is 5.75 Å². The van der Waals surface area contributed by atoms with E-state index in [4.69, 9.17) is 25.8 Å². The Hall–Kier alpha value is -1.71. The first-order valence-electron chi connectivity index (χ1n) is 11.4. The highest BCUT2D eigenvalue weighted by molar-refractivity contribution is 6.32. The highest BCUT2D eigenvalue weighted by Crippen LogP contribution is 2.39. The zero-order valence-electron chi connectivity index (χ0n) is 18.6. The van der Waals surface area contributed by atoms with Crippen LogP contribution in [0.25, 0.3) is 0 Å². The molecule has 4 N–H and O–H groups in total. The van der Waals surface area contributed by atoms with Gasteiger partial charge in [0.25, 0.3) is 0 Å². The monoisotopic (exact) mass is 478 g/mol. The molecule has 8 heteroatoms. The molecule has 0 aromatic heterocycles. The molecule has 0 saturated carbocycles. The van der Waals surface area contributed by atoms with Gasteiger partial charge in [-0.05, 0) is 41.2 Å². The van der Waals surface area contributed by atoms with Gasteiger partial charge in [0.2, 0.25) is 0 Å². The van der Waals surface area contributed by atoms with E-state index in [2.05, 4.69) is 31.2 Å². The van der Waals surface area contributed by atoms with Crippen molar-refractivity contribution in [2.75, 3.05) is 19.8 Å². The fourth-order valence-corrected chi connectivity index (χ4v) is 4.55. The molecule has 1 unspecified atom stereocenters. The number of halogens is 1. The zero-order valence-corrected chi connectivity index (χ0v) is 19.3. The van der Waals surface area contributed by atoms with Crippen LogP contribution < -0.4 is 4.74 Å². The standard InChI is InChI=1S/C25H31ClO7/c1-2-14-3-5-15(6-4-14)9-16-10-17(11-19(21(16)26)32-18-7-8-31-13-18)25-24(30)23(29)22(28)20(12-27)33-25/h3-6,10-11,18,20,22-25,27-30H,2,7-9,12-13H2,1H3/t18?,20-,22-,23+,24-,25+/m1/s1. The molecule has 2 aromatic carbocycles. The van der Waals surface area contributed by atoms with E-state index >= 15 is 0 Å². The number of rotatable bonds is 7. The van der Waals surface area contributed by atoms with Crippen molar-refractivity contribution in [2.45, 2.75) is 62.8 Å². The molecule has 0 aliphatic carbocycles. The van der Waals surface area contributed by atoms with E-state index < -0.39 is 37.1 Å². The fourth-order valence-electron chi connectivity index (χ4n) is 4.33. The summed E-state index contributed by atoms with van der Waals surface area (Å²) in [7, 11) is 0. The highest BCUT2D eigenvalue weighted by Gasteiger charge is 2.44. The number of ether oxygens (including phenoxy) is 3. The number of aryl methyl sites for hydroxylation is 1. The third kappa shape index (κ3) is 5.35. The minimum atomic E-state index is -1.46. The van der Waals surface area contributed by atoms with Gasteiger partial charge in [-0.25, -0.2) is 0 Å². The summed E-state index contributed by atoms with van der Waals surface area (Å²) in [6.45, 7) is 2.69. The second-order valence-electron chi connectivity index (χ2n) is 8.69.